The number of hydrogen-bond donors (Lipinski definition) is 4. The van der Waals surface area contributed by atoms with Crippen molar-refractivity contribution in [1.82, 2.24) is 16.0 Å². The number of hydrogen-bond acceptors (Lipinski definition) is 5. The molecule has 0 bridgehead atoms. The second-order valence-corrected chi connectivity index (χ2v) is 6.56. The van der Waals surface area contributed by atoms with Crippen LogP contribution in [0.25, 0.3) is 0 Å². The number of amides is 1. The van der Waals surface area contributed by atoms with Crippen molar-refractivity contribution in [3.63, 3.8) is 0 Å². The number of carbonyl (C=O) groups is 1. The van der Waals surface area contributed by atoms with Crippen molar-refractivity contribution in [2.45, 2.75) is 36.6 Å². The first-order valence-electron chi connectivity index (χ1n) is 6.17. The van der Waals surface area contributed by atoms with Gasteiger partial charge in [-0.1, -0.05) is 0 Å². The minimum atomic E-state index is -4.05. The van der Waals surface area contributed by atoms with Crippen molar-refractivity contribution in [3.05, 3.63) is 0 Å². The van der Waals surface area contributed by atoms with Gasteiger partial charge in [-0.05, 0) is 32.4 Å². The molecule has 18 heavy (non-hydrogen) atoms. The number of piperidine rings is 1. The summed E-state index contributed by atoms with van der Waals surface area (Å²) in [5.74, 6) is -0.173. The van der Waals surface area contributed by atoms with Crippen molar-refractivity contribution >= 4 is 16.0 Å². The molecule has 2 fully saturated rings. The molecule has 2 aliphatic heterocycles. The van der Waals surface area contributed by atoms with E-state index in [2.05, 4.69) is 16.0 Å². The molecular weight excluding hydrogens is 258 g/mol. The van der Waals surface area contributed by atoms with Crippen molar-refractivity contribution in [2.24, 2.45) is 0 Å². The molecule has 0 aromatic rings. The van der Waals surface area contributed by atoms with Crippen LogP contribution in [-0.2, 0) is 14.9 Å². The van der Waals surface area contributed by atoms with Gasteiger partial charge >= 0.3 is 0 Å². The molecule has 104 valence electrons. The van der Waals surface area contributed by atoms with E-state index in [1.165, 1.54) is 0 Å². The van der Waals surface area contributed by atoms with E-state index in [0.29, 0.717) is 0 Å². The fraction of sp³-hybridized carbons (Fsp3) is 0.900. The van der Waals surface area contributed by atoms with Crippen LogP contribution < -0.4 is 16.0 Å². The smallest absolute Gasteiger partial charge is 0.269 e. The van der Waals surface area contributed by atoms with Crippen LogP contribution in [-0.4, -0.2) is 55.8 Å². The van der Waals surface area contributed by atoms with E-state index in [-0.39, 0.29) is 24.9 Å². The summed E-state index contributed by atoms with van der Waals surface area (Å²) >= 11 is 0. The summed E-state index contributed by atoms with van der Waals surface area (Å²) in [5.41, 5.74) is 0. The minimum Gasteiger partial charge on any atom is -0.352 e. The van der Waals surface area contributed by atoms with Gasteiger partial charge in [-0.3, -0.25) is 9.35 Å². The van der Waals surface area contributed by atoms with Crippen molar-refractivity contribution < 1.29 is 17.8 Å². The van der Waals surface area contributed by atoms with Crippen LogP contribution in [0.1, 0.15) is 19.3 Å². The Morgan fingerprint density at radius 1 is 1.28 bits per heavy atom. The molecule has 0 aliphatic carbocycles. The Bertz CT molecular complexity index is 405. The van der Waals surface area contributed by atoms with E-state index in [1.54, 1.807) is 0 Å². The predicted molar refractivity (Wildman–Crippen MR) is 65.8 cm³/mol. The summed E-state index contributed by atoms with van der Waals surface area (Å²) in [5, 5.41) is 8.08. The topological polar surface area (TPSA) is 108 Å². The lowest BCUT2D eigenvalue weighted by atomic mass is 10.1. The Morgan fingerprint density at radius 2 is 1.94 bits per heavy atom. The SMILES string of the molecule is O=C(NC1CCNCC1)[C@@H]1C[C@@H](S(=O)(=O)O)CN1. The van der Waals surface area contributed by atoms with Crippen LogP contribution in [0.15, 0.2) is 0 Å². The van der Waals surface area contributed by atoms with Gasteiger partial charge in [-0.25, -0.2) is 0 Å². The summed E-state index contributed by atoms with van der Waals surface area (Å²) in [6.45, 7) is 1.90. The summed E-state index contributed by atoms with van der Waals surface area (Å²) in [7, 11) is -4.05. The van der Waals surface area contributed by atoms with Crippen molar-refractivity contribution in [3.8, 4) is 0 Å². The normalized spacial score (nSPS) is 30.3. The van der Waals surface area contributed by atoms with Gasteiger partial charge < -0.3 is 16.0 Å². The molecule has 2 aliphatic rings. The lowest BCUT2D eigenvalue weighted by Gasteiger charge is -2.25. The summed E-state index contributed by atoms with van der Waals surface area (Å²) < 4.78 is 30.9. The first kappa shape index (κ1) is 13.7. The molecule has 2 rings (SSSR count). The van der Waals surface area contributed by atoms with Crippen LogP contribution in [0.4, 0.5) is 0 Å². The van der Waals surface area contributed by atoms with Crippen LogP contribution >= 0.6 is 0 Å². The maximum Gasteiger partial charge on any atom is 0.269 e. The molecule has 0 aromatic heterocycles. The largest absolute Gasteiger partial charge is 0.352 e. The van der Waals surface area contributed by atoms with Gasteiger partial charge in [0.15, 0.2) is 0 Å². The summed E-state index contributed by atoms with van der Waals surface area (Å²) in [6.07, 6.45) is 1.91. The van der Waals surface area contributed by atoms with Crippen molar-refractivity contribution in [1.29, 1.82) is 0 Å². The van der Waals surface area contributed by atoms with Crippen LogP contribution in [0.3, 0.4) is 0 Å². The molecule has 4 N–H and O–H groups in total. The van der Waals surface area contributed by atoms with Gasteiger partial charge in [0.1, 0.15) is 5.25 Å². The van der Waals surface area contributed by atoms with E-state index < -0.39 is 21.4 Å². The molecule has 2 saturated heterocycles. The average Bonchev–Trinajstić information content (AvgIpc) is 2.79. The molecule has 0 saturated carbocycles. The third-order valence-electron chi connectivity index (χ3n) is 3.51. The second-order valence-electron chi connectivity index (χ2n) is 4.87. The van der Waals surface area contributed by atoms with E-state index in [1.807, 2.05) is 0 Å². The number of carbonyl (C=O) groups excluding carboxylic acids is 1. The molecule has 1 amide bonds. The average molecular weight is 277 g/mol. The fourth-order valence-corrected chi connectivity index (χ4v) is 3.14. The number of nitrogens with one attached hydrogen (secondary N) is 3. The van der Waals surface area contributed by atoms with Crippen LogP contribution in [0.5, 0.6) is 0 Å². The number of rotatable bonds is 3. The molecule has 2 atom stereocenters. The molecule has 0 radical (unpaired) electrons. The van der Waals surface area contributed by atoms with E-state index >= 15 is 0 Å². The first-order valence-corrected chi connectivity index (χ1v) is 7.68. The van der Waals surface area contributed by atoms with Gasteiger partial charge in [-0.2, -0.15) is 8.42 Å². The Labute approximate surface area is 106 Å². The van der Waals surface area contributed by atoms with Crippen molar-refractivity contribution in [2.75, 3.05) is 19.6 Å². The Morgan fingerprint density at radius 3 is 2.50 bits per heavy atom. The van der Waals surface area contributed by atoms with Gasteiger partial charge in [0.2, 0.25) is 5.91 Å². The molecule has 0 aromatic carbocycles. The molecule has 0 unspecified atom stereocenters. The highest BCUT2D eigenvalue weighted by atomic mass is 32.2. The zero-order chi connectivity index (χ0) is 13.2. The van der Waals surface area contributed by atoms with Gasteiger partial charge in [0.25, 0.3) is 10.1 Å². The summed E-state index contributed by atoms with van der Waals surface area (Å²) in [6, 6.07) is -0.364. The third-order valence-corrected chi connectivity index (χ3v) is 4.72. The highest BCUT2D eigenvalue weighted by Gasteiger charge is 2.36. The zero-order valence-corrected chi connectivity index (χ0v) is 10.9. The lowest BCUT2D eigenvalue weighted by Crippen LogP contribution is -2.48. The predicted octanol–water partition coefficient (Wildman–Crippen LogP) is -1.53. The molecule has 7 nitrogen and oxygen atoms in total. The van der Waals surface area contributed by atoms with E-state index in [4.69, 9.17) is 4.55 Å². The fourth-order valence-electron chi connectivity index (χ4n) is 2.40. The lowest BCUT2D eigenvalue weighted by molar-refractivity contribution is -0.123. The maximum absolute atomic E-state index is 11.9. The monoisotopic (exact) mass is 277 g/mol. The third kappa shape index (κ3) is 3.41. The van der Waals surface area contributed by atoms with E-state index in [9.17, 15) is 13.2 Å². The Hall–Kier alpha value is -0.700. The molecule has 8 heteroatoms. The van der Waals surface area contributed by atoms with E-state index in [0.717, 1.165) is 25.9 Å². The highest BCUT2D eigenvalue weighted by molar-refractivity contribution is 7.86. The van der Waals surface area contributed by atoms with Gasteiger partial charge in [0, 0.05) is 12.6 Å². The second kappa shape index (κ2) is 5.52. The Kier molecular flexibility index (Phi) is 4.21. The Balaban J connectivity index is 1.83. The zero-order valence-electron chi connectivity index (χ0n) is 10.1. The van der Waals surface area contributed by atoms with Gasteiger partial charge in [0.05, 0.1) is 6.04 Å². The standard InChI is InChI=1S/C10H19N3O4S/c14-10(13-7-1-3-11-4-2-7)9-5-8(6-12-9)18(15,16)17/h7-9,11-12H,1-6H2,(H,13,14)(H,15,16,17)/t8-,9+/m1/s1. The van der Waals surface area contributed by atoms with Gasteiger partial charge in [-0.15, -0.1) is 0 Å². The van der Waals surface area contributed by atoms with Crippen LogP contribution in [0.2, 0.25) is 0 Å². The quantitative estimate of drug-likeness (QED) is 0.466. The molecule has 0 spiro atoms. The highest BCUT2D eigenvalue weighted by Crippen LogP contribution is 2.14. The summed E-state index contributed by atoms with van der Waals surface area (Å²) in [4.78, 5) is 11.9. The molecular formula is C10H19N3O4S. The maximum atomic E-state index is 11.9. The minimum absolute atomic E-state index is 0.128. The first-order chi connectivity index (χ1) is 8.47. The molecule has 2 heterocycles. The van der Waals surface area contributed by atoms with Crippen LogP contribution in [0, 0.1) is 0 Å².